The number of rotatable bonds is 30. The maximum Gasteiger partial charge on any atom is 0.0414 e. The van der Waals surface area contributed by atoms with E-state index in [1.807, 2.05) is 0 Å². The van der Waals surface area contributed by atoms with Crippen LogP contribution >= 0.6 is 0 Å². The van der Waals surface area contributed by atoms with Crippen LogP contribution in [0.1, 0.15) is 194 Å². The van der Waals surface area contributed by atoms with Gasteiger partial charge in [0.1, 0.15) is 0 Å². The van der Waals surface area contributed by atoms with Crippen LogP contribution in [0.4, 0.5) is 0 Å². The Labute approximate surface area is 266 Å². The Bertz CT molecular complexity index is 524. The van der Waals surface area contributed by atoms with Gasteiger partial charge in [0.2, 0.25) is 0 Å². The second-order valence-electron chi connectivity index (χ2n) is 11.4. The summed E-state index contributed by atoms with van der Waals surface area (Å²) in [6.07, 6.45) is 41.8. The number of carboxylic acids is 2. The zero-order chi connectivity index (χ0) is 29.8. The number of hydrogen-bond acceptors (Lipinski definition) is 4. The molecule has 0 fully saturated rings. The molecule has 0 aromatic rings. The fourth-order valence-corrected chi connectivity index (χ4v) is 4.68. The quantitative estimate of drug-likeness (QED) is 0.0452. The Balaban J connectivity index is -0.000000688. The van der Waals surface area contributed by atoms with Gasteiger partial charge in [0.25, 0.3) is 0 Å². The van der Waals surface area contributed by atoms with Crippen molar-refractivity contribution in [2.75, 3.05) is 0 Å². The zero-order valence-electron chi connectivity index (χ0n) is 27.0. The molecule has 0 bridgehead atoms. The van der Waals surface area contributed by atoms with Crippen molar-refractivity contribution >= 4 is 11.9 Å². The van der Waals surface area contributed by atoms with Gasteiger partial charge < -0.3 is 19.8 Å². The molecule has 0 heterocycles. The molecule has 247 valence electrons. The molecule has 0 aliphatic carbocycles. The standard InChI is InChI=1S/2C18H34O2.Cu/c2*1-2-3-4-5-6-7-8-9-10-11-12-13-14-15-16-17-18(19)20;/h2*9-10H,2-8,11-17H2,1H3,(H,19,20);/p-2/b2*10-9-;. The average molecular weight is 626 g/mol. The molecule has 0 saturated heterocycles. The van der Waals surface area contributed by atoms with E-state index in [2.05, 4.69) is 38.2 Å². The summed E-state index contributed by atoms with van der Waals surface area (Å²) in [6, 6.07) is 0. The van der Waals surface area contributed by atoms with Gasteiger partial charge >= 0.3 is 0 Å². The van der Waals surface area contributed by atoms with E-state index in [9.17, 15) is 19.8 Å². The predicted molar refractivity (Wildman–Crippen MR) is 169 cm³/mol. The first kappa shape index (κ1) is 44.4. The Morgan fingerprint density at radius 1 is 0.390 bits per heavy atom. The third-order valence-corrected chi connectivity index (χ3v) is 7.29. The Hall–Kier alpha value is -1.06. The largest absolute Gasteiger partial charge is 0.550 e. The van der Waals surface area contributed by atoms with Gasteiger partial charge in [0.05, 0.1) is 0 Å². The zero-order valence-corrected chi connectivity index (χ0v) is 28.0. The van der Waals surface area contributed by atoms with E-state index in [0.29, 0.717) is 0 Å². The molecule has 1 radical (unpaired) electrons. The summed E-state index contributed by atoms with van der Waals surface area (Å²) in [5.41, 5.74) is 0. The molecule has 0 unspecified atom stereocenters. The molecular weight excluding hydrogens is 560 g/mol. The fraction of sp³-hybridized carbons (Fsp3) is 0.833. The molecule has 0 aliphatic heterocycles. The monoisotopic (exact) mass is 625 g/mol. The molecule has 41 heavy (non-hydrogen) atoms. The minimum absolute atomic E-state index is 0. The number of hydrogen-bond donors (Lipinski definition) is 0. The Morgan fingerprint density at radius 3 is 0.854 bits per heavy atom. The molecule has 0 spiro atoms. The van der Waals surface area contributed by atoms with Gasteiger partial charge in [-0.3, -0.25) is 0 Å². The summed E-state index contributed by atoms with van der Waals surface area (Å²) >= 11 is 0. The molecule has 0 amide bonds. The number of carboxylic acid groups (broad SMARTS) is 2. The van der Waals surface area contributed by atoms with Crippen LogP contribution in [0.3, 0.4) is 0 Å². The van der Waals surface area contributed by atoms with Gasteiger partial charge in [-0.25, -0.2) is 0 Å². The molecule has 5 heteroatoms. The normalized spacial score (nSPS) is 11.0. The Morgan fingerprint density at radius 2 is 0.610 bits per heavy atom. The van der Waals surface area contributed by atoms with Gasteiger partial charge in [-0.05, 0) is 77.0 Å². The van der Waals surface area contributed by atoms with E-state index >= 15 is 0 Å². The van der Waals surface area contributed by atoms with Crippen molar-refractivity contribution in [3.63, 3.8) is 0 Å². The first-order chi connectivity index (χ1) is 19.5. The van der Waals surface area contributed by atoms with E-state index in [1.54, 1.807) is 0 Å². The van der Waals surface area contributed by atoms with Crippen LogP contribution in [0, 0.1) is 0 Å². The van der Waals surface area contributed by atoms with E-state index in [1.165, 1.54) is 128 Å². The molecular formula is C36H66CuO4-2. The van der Waals surface area contributed by atoms with Crippen LogP contribution in [0.5, 0.6) is 0 Å². The molecule has 0 aromatic heterocycles. The van der Waals surface area contributed by atoms with E-state index in [-0.39, 0.29) is 29.9 Å². The SMILES string of the molecule is CCCCCCCC/C=C\CCCCCCCC(=O)[O-].CCCCCCCC/C=C\CCCCCCCC(=O)[O-].[Cu]. The van der Waals surface area contributed by atoms with E-state index in [0.717, 1.165) is 38.5 Å². The maximum atomic E-state index is 10.2. The third-order valence-electron chi connectivity index (χ3n) is 7.29. The first-order valence-electron chi connectivity index (χ1n) is 17.2. The van der Waals surface area contributed by atoms with Gasteiger partial charge in [-0.15, -0.1) is 0 Å². The van der Waals surface area contributed by atoms with Crippen LogP contribution in [-0.4, -0.2) is 11.9 Å². The summed E-state index contributed by atoms with van der Waals surface area (Å²) < 4.78 is 0. The smallest absolute Gasteiger partial charge is 0.0414 e. The molecule has 0 aliphatic rings. The fourth-order valence-electron chi connectivity index (χ4n) is 4.68. The summed E-state index contributed by atoms with van der Waals surface area (Å²) in [7, 11) is 0. The average Bonchev–Trinajstić information content (AvgIpc) is 2.93. The Kier molecular flexibility index (Phi) is 44.5. The summed E-state index contributed by atoms with van der Waals surface area (Å²) in [5, 5.41) is 20.4. The van der Waals surface area contributed by atoms with Crippen LogP contribution in [-0.2, 0) is 26.7 Å². The molecule has 0 aromatic carbocycles. The molecule has 0 saturated carbocycles. The number of allylic oxidation sites excluding steroid dienone is 4. The van der Waals surface area contributed by atoms with Crippen molar-refractivity contribution in [1.82, 2.24) is 0 Å². The minimum Gasteiger partial charge on any atom is -0.550 e. The topological polar surface area (TPSA) is 80.3 Å². The summed E-state index contributed by atoms with van der Waals surface area (Å²) in [6.45, 7) is 4.51. The summed E-state index contributed by atoms with van der Waals surface area (Å²) in [5.74, 6) is -1.83. The van der Waals surface area contributed by atoms with Crippen LogP contribution in [0.15, 0.2) is 24.3 Å². The van der Waals surface area contributed by atoms with Gasteiger partial charge in [0.15, 0.2) is 0 Å². The first-order valence-corrected chi connectivity index (χ1v) is 17.2. The second-order valence-corrected chi connectivity index (χ2v) is 11.4. The minimum atomic E-state index is -0.914. The third kappa shape index (κ3) is 49.0. The van der Waals surface area contributed by atoms with Crippen molar-refractivity contribution in [3.05, 3.63) is 24.3 Å². The van der Waals surface area contributed by atoms with Crippen molar-refractivity contribution in [2.45, 2.75) is 194 Å². The van der Waals surface area contributed by atoms with Crippen molar-refractivity contribution in [3.8, 4) is 0 Å². The molecule has 0 rings (SSSR count). The predicted octanol–water partition coefficient (Wildman–Crippen LogP) is 9.55. The van der Waals surface area contributed by atoms with Crippen molar-refractivity contribution in [2.24, 2.45) is 0 Å². The molecule has 0 N–H and O–H groups in total. The molecule has 4 nitrogen and oxygen atoms in total. The number of carbonyl (C=O) groups is 2. The van der Waals surface area contributed by atoms with Crippen LogP contribution < -0.4 is 10.2 Å². The second kappa shape index (κ2) is 41.1. The van der Waals surface area contributed by atoms with Crippen molar-refractivity contribution < 1.29 is 36.9 Å². The van der Waals surface area contributed by atoms with Gasteiger partial charge in [0, 0.05) is 29.0 Å². The maximum absolute atomic E-state index is 10.2. The van der Waals surface area contributed by atoms with Crippen LogP contribution in [0.2, 0.25) is 0 Å². The van der Waals surface area contributed by atoms with Gasteiger partial charge in [-0.2, -0.15) is 0 Å². The molecule has 0 atom stereocenters. The van der Waals surface area contributed by atoms with Crippen molar-refractivity contribution in [1.29, 1.82) is 0 Å². The number of aliphatic carboxylic acids is 2. The number of unbranched alkanes of at least 4 members (excludes halogenated alkanes) is 22. The van der Waals surface area contributed by atoms with Crippen LogP contribution in [0.25, 0.3) is 0 Å². The van der Waals surface area contributed by atoms with Gasteiger partial charge in [-0.1, -0.05) is 141 Å². The summed E-state index contributed by atoms with van der Waals surface area (Å²) in [4.78, 5) is 20.4. The van der Waals surface area contributed by atoms with E-state index < -0.39 is 11.9 Å². The number of carbonyl (C=O) groups excluding carboxylic acids is 2. The van der Waals surface area contributed by atoms with E-state index in [4.69, 9.17) is 0 Å².